The Morgan fingerprint density at radius 3 is 1.71 bits per heavy atom. The summed E-state index contributed by atoms with van der Waals surface area (Å²) >= 11 is 2.58. The zero-order valence-corrected chi connectivity index (χ0v) is 15.4. The molecule has 0 aromatic heterocycles. The molecule has 0 heterocycles. The largest absolute Gasteiger partial charge is 0.0814 e. The summed E-state index contributed by atoms with van der Waals surface area (Å²) in [5.74, 6) is 0. The molecule has 2 saturated carbocycles. The molecule has 0 radical (unpaired) electrons. The Morgan fingerprint density at radius 2 is 1.24 bits per heavy atom. The average Bonchev–Trinajstić information content (AvgIpc) is 2.52. The fraction of sp³-hybridized carbons (Fsp3) is 0.667. The second kappa shape index (κ2) is 8.92. The van der Waals surface area contributed by atoms with E-state index in [0.717, 1.165) is 11.3 Å². The van der Waals surface area contributed by atoms with Gasteiger partial charge in [-0.3, -0.25) is 0 Å². The second-order valence-electron chi connectivity index (χ2n) is 6.44. The molecular formula is C18H29BIP. The first-order valence-corrected chi connectivity index (χ1v) is 10.9. The minimum Gasteiger partial charge on any atom is -0.0678 e. The molecule has 0 nitrogen and oxygen atoms in total. The summed E-state index contributed by atoms with van der Waals surface area (Å²) < 4.78 is 1.53. The van der Waals surface area contributed by atoms with Gasteiger partial charge in [0.05, 0.1) is 8.41 Å². The SMILES string of the molecule is B.Ic1ccccc1P(C1CCCCC1)C1CCCCC1. The highest BCUT2D eigenvalue weighted by molar-refractivity contribution is 14.1. The molecule has 0 bridgehead atoms. The van der Waals surface area contributed by atoms with Crippen molar-refractivity contribution in [3.05, 3.63) is 27.8 Å². The molecule has 0 unspecified atom stereocenters. The van der Waals surface area contributed by atoms with Crippen LogP contribution in [0.2, 0.25) is 0 Å². The lowest BCUT2D eigenvalue weighted by Crippen LogP contribution is -2.27. The predicted molar refractivity (Wildman–Crippen MR) is 109 cm³/mol. The smallest absolute Gasteiger partial charge is 0.0678 e. The summed E-state index contributed by atoms with van der Waals surface area (Å²) in [6.45, 7) is 0. The van der Waals surface area contributed by atoms with Crippen molar-refractivity contribution in [2.45, 2.75) is 75.5 Å². The van der Waals surface area contributed by atoms with Gasteiger partial charge < -0.3 is 0 Å². The minimum atomic E-state index is 0. The van der Waals surface area contributed by atoms with Crippen molar-refractivity contribution < 1.29 is 0 Å². The Morgan fingerprint density at radius 1 is 0.762 bits per heavy atom. The minimum absolute atomic E-state index is 0. The fourth-order valence-electron chi connectivity index (χ4n) is 4.07. The molecule has 116 valence electrons. The highest BCUT2D eigenvalue weighted by Gasteiger charge is 2.32. The second-order valence-corrected chi connectivity index (χ2v) is 10.4. The molecule has 21 heavy (non-hydrogen) atoms. The Hall–Kier alpha value is 0.445. The van der Waals surface area contributed by atoms with Crippen molar-refractivity contribution in [1.29, 1.82) is 0 Å². The van der Waals surface area contributed by atoms with Gasteiger partial charge in [0, 0.05) is 3.57 Å². The van der Waals surface area contributed by atoms with E-state index in [1.54, 1.807) is 5.30 Å². The van der Waals surface area contributed by atoms with E-state index in [0.29, 0.717) is 0 Å². The van der Waals surface area contributed by atoms with E-state index in [-0.39, 0.29) is 16.3 Å². The van der Waals surface area contributed by atoms with Crippen molar-refractivity contribution in [2.75, 3.05) is 0 Å². The Kier molecular flexibility index (Phi) is 7.55. The van der Waals surface area contributed by atoms with Crippen molar-refractivity contribution in [3.63, 3.8) is 0 Å². The van der Waals surface area contributed by atoms with Gasteiger partial charge in [0.15, 0.2) is 0 Å². The van der Waals surface area contributed by atoms with Crippen LogP contribution in [0.3, 0.4) is 0 Å². The van der Waals surface area contributed by atoms with Crippen LogP contribution in [0.1, 0.15) is 64.2 Å². The number of rotatable bonds is 3. The molecule has 0 atom stereocenters. The topological polar surface area (TPSA) is 0 Å². The van der Waals surface area contributed by atoms with Gasteiger partial charge in [-0.2, -0.15) is 0 Å². The summed E-state index contributed by atoms with van der Waals surface area (Å²) in [6, 6.07) is 9.27. The Balaban J connectivity index is 0.00000161. The van der Waals surface area contributed by atoms with Crippen molar-refractivity contribution in [1.82, 2.24) is 0 Å². The van der Waals surface area contributed by atoms with Crippen LogP contribution in [0.25, 0.3) is 0 Å². The van der Waals surface area contributed by atoms with Crippen LogP contribution < -0.4 is 5.30 Å². The fourth-order valence-corrected chi connectivity index (χ4v) is 9.10. The molecule has 2 aliphatic carbocycles. The van der Waals surface area contributed by atoms with E-state index in [1.807, 2.05) is 0 Å². The van der Waals surface area contributed by atoms with Gasteiger partial charge in [0.2, 0.25) is 0 Å². The third kappa shape index (κ3) is 4.47. The summed E-state index contributed by atoms with van der Waals surface area (Å²) in [7, 11) is 0.0796. The molecule has 0 aliphatic heterocycles. The molecule has 2 fully saturated rings. The highest BCUT2D eigenvalue weighted by atomic mass is 127. The van der Waals surface area contributed by atoms with E-state index in [2.05, 4.69) is 46.9 Å². The molecule has 2 aliphatic rings. The summed E-state index contributed by atoms with van der Waals surface area (Å²) in [4.78, 5) is 0. The van der Waals surface area contributed by atoms with Gasteiger partial charge in [0.25, 0.3) is 0 Å². The first-order valence-electron chi connectivity index (χ1n) is 8.39. The highest BCUT2D eigenvalue weighted by Crippen LogP contribution is 2.55. The van der Waals surface area contributed by atoms with E-state index in [4.69, 9.17) is 0 Å². The number of hydrogen-bond donors (Lipinski definition) is 0. The normalized spacial score (nSPS) is 21.2. The molecular weight excluding hydrogens is 385 g/mol. The third-order valence-electron chi connectivity index (χ3n) is 5.07. The molecule has 1 aromatic rings. The zero-order valence-electron chi connectivity index (χ0n) is 12.4. The molecule has 0 saturated heterocycles. The molecule has 0 spiro atoms. The maximum absolute atomic E-state index is 2.58. The van der Waals surface area contributed by atoms with E-state index >= 15 is 0 Å². The summed E-state index contributed by atoms with van der Waals surface area (Å²) in [5, 5.41) is 1.74. The molecule has 0 N–H and O–H groups in total. The van der Waals surface area contributed by atoms with Crippen LogP contribution >= 0.6 is 30.5 Å². The van der Waals surface area contributed by atoms with Gasteiger partial charge in [-0.05, 0) is 71.0 Å². The molecule has 3 heteroatoms. The Labute approximate surface area is 147 Å². The van der Waals surface area contributed by atoms with Gasteiger partial charge in [-0.1, -0.05) is 64.6 Å². The maximum Gasteiger partial charge on any atom is 0.0814 e. The molecule has 3 rings (SSSR count). The van der Waals surface area contributed by atoms with Crippen LogP contribution in [-0.4, -0.2) is 19.7 Å². The van der Waals surface area contributed by atoms with Crippen LogP contribution in [-0.2, 0) is 0 Å². The molecule has 0 amide bonds. The first kappa shape index (κ1) is 17.8. The zero-order chi connectivity index (χ0) is 13.8. The summed E-state index contributed by atoms with van der Waals surface area (Å²) in [5.41, 5.74) is 2.05. The standard InChI is InChI=1S/C18H26IP.BH3/c19-17-13-7-8-14-18(17)20(15-9-3-1-4-10-15)16-11-5-2-6-12-16;/h7-8,13-16H,1-6,9-12H2;1H3. The lowest BCUT2D eigenvalue weighted by atomic mass is 9.99. The van der Waals surface area contributed by atoms with Crippen LogP contribution in [0.15, 0.2) is 24.3 Å². The lowest BCUT2D eigenvalue weighted by molar-refractivity contribution is 0.487. The van der Waals surface area contributed by atoms with Gasteiger partial charge in [0.1, 0.15) is 0 Å². The maximum atomic E-state index is 2.58. The number of halogens is 1. The first-order chi connectivity index (χ1) is 9.86. The predicted octanol–water partition coefficient (Wildman–Crippen LogP) is 4.88. The van der Waals surface area contributed by atoms with Crippen molar-refractivity contribution in [3.8, 4) is 0 Å². The monoisotopic (exact) mass is 414 g/mol. The van der Waals surface area contributed by atoms with Crippen molar-refractivity contribution >= 4 is 44.2 Å². The lowest BCUT2D eigenvalue weighted by Gasteiger charge is -2.39. The van der Waals surface area contributed by atoms with Gasteiger partial charge in [-0.15, -0.1) is 0 Å². The van der Waals surface area contributed by atoms with Crippen molar-refractivity contribution in [2.24, 2.45) is 0 Å². The number of benzene rings is 1. The molecule has 1 aromatic carbocycles. The van der Waals surface area contributed by atoms with E-state index < -0.39 is 0 Å². The van der Waals surface area contributed by atoms with Gasteiger partial charge >= 0.3 is 0 Å². The quantitative estimate of drug-likeness (QED) is 0.376. The van der Waals surface area contributed by atoms with E-state index in [1.165, 1.54) is 67.8 Å². The Bertz CT molecular complexity index is 407. The number of hydrogen-bond acceptors (Lipinski definition) is 0. The van der Waals surface area contributed by atoms with Gasteiger partial charge in [-0.25, -0.2) is 0 Å². The summed E-state index contributed by atoms with van der Waals surface area (Å²) in [6.07, 6.45) is 14.9. The van der Waals surface area contributed by atoms with Crippen LogP contribution in [0, 0.1) is 3.57 Å². The average molecular weight is 414 g/mol. The third-order valence-corrected chi connectivity index (χ3v) is 9.99. The van der Waals surface area contributed by atoms with E-state index in [9.17, 15) is 0 Å². The van der Waals surface area contributed by atoms with Crippen LogP contribution in [0.4, 0.5) is 0 Å². The van der Waals surface area contributed by atoms with Crippen LogP contribution in [0.5, 0.6) is 0 Å².